The van der Waals surface area contributed by atoms with E-state index in [1.807, 2.05) is 0 Å². The Morgan fingerprint density at radius 2 is 1.95 bits per heavy atom. The number of nitrogens with two attached hydrogens (primary N) is 1. The van der Waals surface area contributed by atoms with E-state index in [1.165, 1.54) is 30.3 Å². The van der Waals surface area contributed by atoms with Crippen LogP contribution in [0.25, 0.3) is 11.0 Å². The fourth-order valence-electron chi connectivity index (χ4n) is 2.27. The third kappa shape index (κ3) is 2.51. The van der Waals surface area contributed by atoms with Gasteiger partial charge >= 0.3 is 0 Å². The lowest BCUT2D eigenvalue weighted by atomic mass is 10.0. The van der Waals surface area contributed by atoms with Crippen LogP contribution >= 0.6 is 11.6 Å². The minimum atomic E-state index is -0.769. The van der Waals surface area contributed by atoms with Crippen LogP contribution in [0.5, 0.6) is 0 Å². The van der Waals surface area contributed by atoms with Gasteiger partial charge in [-0.1, -0.05) is 17.7 Å². The van der Waals surface area contributed by atoms with E-state index in [2.05, 4.69) is 5.43 Å². The van der Waals surface area contributed by atoms with Crippen LogP contribution in [0.2, 0.25) is 5.02 Å². The third-order valence-electron chi connectivity index (χ3n) is 3.24. The van der Waals surface area contributed by atoms with E-state index in [0.29, 0.717) is 16.7 Å². The molecule has 3 rings (SSSR count). The molecule has 0 saturated carbocycles. The minimum Gasteiger partial charge on any atom is -0.459 e. The number of hydrogen-bond donors (Lipinski definition) is 2. The molecule has 1 unspecified atom stereocenters. The maximum absolute atomic E-state index is 14.0. The van der Waals surface area contributed by atoms with Crippen molar-refractivity contribution in [1.82, 2.24) is 5.43 Å². The van der Waals surface area contributed by atoms with E-state index in [-0.39, 0.29) is 16.4 Å². The van der Waals surface area contributed by atoms with Crippen molar-refractivity contribution in [2.45, 2.75) is 6.04 Å². The van der Waals surface area contributed by atoms with Crippen LogP contribution < -0.4 is 11.3 Å². The van der Waals surface area contributed by atoms with Gasteiger partial charge in [-0.2, -0.15) is 0 Å². The van der Waals surface area contributed by atoms with Crippen molar-refractivity contribution < 1.29 is 13.2 Å². The summed E-state index contributed by atoms with van der Waals surface area (Å²) in [6.45, 7) is 0. The summed E-state index contributed by atoms with van der Waals surface area (Å²) in [5.74, 6) is 4.99. The van der Waals surface area contributed by atoms with Crippen LogP contribution in [0.1, 0.15) is 17.4 Å². The molecule has 0 aliphatic heterocycles. The third-order valence-corrected chi connectivity index (χ3v) is 3.57. The summed E-state index contributed by atoms with van der Waals surface area (Å²) in [5.41, 5.74) is 3.15. The maximum atomic E-state index is 14.0. The summed E-state index contributed by atoms with van der Waals surface area (Å²) in [6.07, 6.45) is 0. The zero-order valence-electron chi connectivity index (χ0n) is 10.7. The van der Waals surface area contributed by atoms with Crippen molar-refractivity contribution in [1.29, 1.82) is 0 Å². The Morgan fingerprint density at radius 1 is 1.14 bits per heavy atom. The van der Waals surface area contributed by atoms with Gasteiger partial charge in [-0.25, -0.2) is 14.2 Å². The average Bonchev–Trinajstić information content (AvgIpc) is 2.85. The van der Waals surface area contributed by atoms with Gasteiger partial charge in [0, 0.05) is 16.0 Å². The molecule has 2 aromatic carbocycles. The Kier molecular flexibility index (Phi) is 3.63. The van der Waals surface area contributed by atoms with Crippen LogP contribution in [-0.4, -0.2) is 0 Å². The summed E-state index contributed by atoms with van der Waals surface area (Å²) >= 11 is 6.04. The summed E-state index contributed by atoms with van der Waals surface area (Å²) in [7, 11) is 0. The lowest BCUT2D eigenvalue weighted by molar-refractivity contribution is 0.462. The number of hydrogen-bond acceptors (Lipinski definition) is 3. The molecule has 0 fully saturated rings. The number of furan rings is 1. The molecule has 0 aliphatic carbocycles. The number of halogens is 3. The number of fused-ring (bicyclic) bond motifs is 1. The Labute approximate surface area is 124 Å². The van der Waals surface area contributed by atoms with Gasteiger partial charge in [0.05, 0.1) is 0 Å². The first-order valence-electron chi connectivity index (χ1n) is 6.19. The molecule has 3 N–H and O–H groups in total. The molecule has 0 radical (unpaired) electrons. The van der Waals surface area contributed by atoms with Crippen molar-refractivity contribution in [2.24, 2.45) is 5.84 Å². The predicted molar refractivity (Wildman–Crippen MR) is 76.7 cm³/mol. The molecule has 3 aromatic rings. The molecular weight excluding hydrogens is 298 g/mol. The largest absolute Gasteiger partial charge is 0.459 e. The zero-order chi connectivity index (χ0) is 15.0. The summed E-state index contributed by atoms with van der Waals surface area (Å²) in [4.78, 5) is 0. The second-order valence-electron chi connectivity index (χ2n) is 4.57. The van der Waals surface area contributed by atoms with Gasteiger partial charge in [0.2, 0.25) is 0 Å². The first-order valence-corrected chi connectivity index (χ1v) is 6.57. The molecule has 108 valence electrons. The standard InChI is InChI=1S/C15H11ClF2N2O/c16-10-2-1-3-11(18)14(10)15(20-19)13-7-8-6-9(17)4-5-12(8)21-13/h1-7,15,20H,19H2. The minimum absolute atomic E-state index is 0.182. The molecule has 0 spiro atoms. The molecule has 21 heavy (non-hydrogen) atoms. The molecular formula is C15H11ClF2N2O. The SMILES string of the molecule is NNC(c1cc2cc(F)ccc2o1)c1c(F)cccc1Cl. The van der Waals surface area contributed by atoms with Crippen molar-refractivity contribution >= 4 is 22.6 Å². The number of nitrogens with one attached hydrogen (secondary N) is 1. The molecule has 3 nitrogen and oxygen atoms in total. The van der Waals surface area contributed by atoms with Crippen LogP contribution in [0.3, 0.4) is 0 Å². The van der Waals surface area contributed by atoms with Gasteiger partial charge in [-0.3, -0.25) is 5.84 Å². The van der Waals surface area contributed by atoms with E-state index in [1.54, 1.807) is 12.1 Å². The zero-order valence-corrected chi connectivity index (χ0v) is 11.5. The summed E-state index contributed by atoms with van der Waals surface area (Å²) < 4.78 is 32.8. The summed E-state index contributed by atoms with van der Waals surface area (Å²) in [5, 5.41) is 0.794. The van der Waals surface area contributed by atoms with Crippen molar-refractivity contribution in [3.05, 3.63) is 70.4 Å². The normalized spacial score (nSPS) is 12.8. The van der Waals surface area contributed by atoms with E-state index in [0.717, 1.165) is 0 Å². The van der Waals surface area contributed by atoms with Crippen LogP contribution in [0.15, 0.2) is 46.9 Å². The molecule has 0 amide bonds. The fourth-order valence-corrected chi connectivity index (χ4v) is 2.54. The first kappa shape index (κ1) is 14.0. The molecule has 1 heterocycles. The Bertz CT molecular complexity index is 783. The Balaban J connectivity index is 2.14. The molecule has 6 heteroatoms. The van der Waals surface area contributed by atoms with E-state index < -0.39 is 11.9 Å². The topological polar surface area (TPSA) is 51.2 Å². The number of hydrazine groups is 1. The van der Waals surface area contributed by atoms with Gasteiger partial charge in [0.25, 0.3) is 0 Å². The smallest absolute Gasteiger partial charge is 0.134 e. The van der Waals surface area contributed by atoms with Gasteiger partial charge in [-0.15, -0.1) is 0 Å². The van der Waals surface area contributed by atoms with Gasteiger partial charge in [0.1, 0.15) is 29.0 Å². The molecule has 1 atom stereocenters. The van der Waals surface area contributed by atoms with Crippen molar-refractivity contribution in [2.75, 3.05) is 0 Å². The molecule has 0 bridgehead atoms. The highest BCUT2D eigenvalue weighted by Gasteiger charge is 2.23. The van der Waals surface area contributed by atoms with Gasteiger partial charge < -0.3 is 4.42 Å². The predicted octanol–water partition coefficient (Wildman–Crippen LogP) is 3.92. The quantitative estimate of drug-likeness (QED) is 0.569. The first-order chi connectivity index (χ1) is 10.1. The molecule has 0 aliphatic rings. The van der Waals surface area contributed by atoms with Crippen LogP contribution in [0.4, 0.5) is 8.78 Å². The average molecular weight is 309 g/mol. The molecule has 1 aromatic heterocycles. The Hall–Kier alpha value is -1.95. The maximum Gasteiger partial charge on any atom is 0.134 e. The number of rotatable bonds is 3. The van der Waals surface area contributed by atoms with E-state index in [9.17, 15) is 8.78 Å². The van der Waals surface area contributed by atoms with E-state index in [4.69, 9.17) is 21.9 Å². The van der Waals surface area contributed by atoms with Crippen molar-refractivity contribution in [3.63, 3.8) is 0 Å². The van der Waals surface area contributed by atoms with Gasteiger partial charge in [-0.05, 0) is 36.4 Å². The second-order valence-corrected chi connectivity index (χ2v) is 4.97. The Morgan fingerprint density at radius 3 is 2.67 bits per heavy atom. The lowest BCUT2D eigenvalue weighted by Crippen LogP contribution is -2.29. The van der Waals surface area contributed by atoms with E-state index >= 15 is 0 Å². The summed E-state index contributed by atoms with van der Waals surface area (Å²) in [6, 6.07) is 9.31. The monoisotopic (exact) mass is 308 g/mol. The highest BCUT2D eigenvalue weighted by Crippen LogP contribution is 2.33. The van der Waals surface area contributed by atoms with Gasteiger partial charge in [0.15, 0.2) is 0 Å². The second kappa shape index (κ2) is 5.44. The highest BCUT2D eigenvalue weighted by molar-refractivity contribution is 6.31. The highest BCUT2D eigenvalue weighted by atomic mass is 35.5. The van der Waals surface area contributed by atoms with Crippen LogP contribution in [-0.2, 0) is 0 Å². The fraction of sp³-hybridized carbons (Fsp3) is 0.0667. The lowest BCUT2D eigenvalue weighted by Gasteiger charge is -2.16. The molecule has 0 saturated heterocycles. The van der Waals surface area contributed by atoms with Crippen LogP contribution in [0, 0.1) is 11.6 Å². The van der Waals surface area contributed by atoms with Crippen molar-refractivity contribution in [3.8, 4) is 0 Å². The number of benzene rings is 2.